The van der Waals surface area contributed by atoms with E-state index in [0.29, 0.717) is 11.4 Å². The molecule has 4 aromatic rings. The van der Waals surface area contributed by atoms with Crippen molar-refractivity contribution in [1.29, 1.82) is 0 Å². The van der Waals surface area contributed by atoms with Crippen LogP contribution in [0.3, 0.4) is 0 Å². The molecule has 0 spiro atoms. The molecule has 0 radical (unpaired) electrons. The molecule has 0 aliphatic carbocycles. The minimum absolute atomic E-state index is 0.0702. The fourth-order valence-corrected chi connectivity index (χ4v) is 4.79. The van der Waals surface area contributed by atoms with Crippen molar-refractivity contribution in [1.82, 2.24) is 20.1 Å². The first kappa shape index (κ1) is 18.6. The second-order valence-electron chi connectivity index (χ2n) is 6.05. The van der Waals surface area contributed by atoms with Gasteiger partial charge in [-0.05, 0) is 38.5 Å². The predicted octanol–water partition coefficient (Wildman–Crippen LogP) is 4.51. The predicted molar refractivity (Wildman–Crippen MR) is 106 cm³/mol. The number of fused-ring (bicyclic) bond motifs is 1. The van der Waals surface area contributed by atoms with E-state index in [-0.39, 0.29) is 12.5 Å². The summed E-state index contributed by atoms with van der Waals surface area (Å²) in [7, 11) is 0. The zero-order valence-electron chi connectivity index (χ0n) is 15.4. The van der Waals surface area contributed by atoms with Crippen molar-refractivity contribution in [2.45, 2.75) is 37.3 Å². The standard InChI is InChI=1S/C19H16N4O3S2/c1-10-11(2)27-17-16(10)18(21-9-20-17)28-14-7-5-4-6-13(14)19(24)25-8-15-22-12(3)23-26-15/h4-7,9H,8H2,1-3H3. The van der Waals surface area contributed by atoms with Gasteiger partial charge in [0.05, 0.1) is 5.56 Å². The smallest absolute Gasteiger partial charge is 0.339 e. The number of thiophene rings is 1. The van der Waals surface area contributed by atoms with Crippen molar-refractivity contribution in [3.05, 3.63) is 58.3 Å². The maximum atomic E-state index is 12.6. The molecular weight excluding hydrogens is 396 g/mol. The summed E-state index contributed by atoms with van der Waals surface area (Å²) in [4.78, 5) is 28.4. The van der Waals surface area contributed by atoms with Crippen molar-refractivity contribution < 1.29 is 14.1 Å². The summed E-state index contributed by atoms with van der Waals surface area (Å²) < 4.78 is 10.3. The van der Waals surface area contributed by atoms with E-state index < -0.39 is 5.97 Å². The molecule has 28 heavy (non-hydrogen) atoms. The number of esters is 1. The molecule has 0 atom stereocenters. The number of carbonyl (C=O) groups is 1. The minimum atomic E-state index is -0.456. The number of hydrogen-bond acceptors (Lipinski definition) is 9. The third-order valence-electron chi connectivity index (χ3n) is 4.14. The van der Waals surface area contributed by atoms with Gasteiger partial charge in [-0.3, -0.25) is 0 Å². The van der Waals surface area contributed by atoms with E-state index in [2.05, 4.69) is 34.0 Å². The number of aryl methyl sites for hydroxylation is 3. The Morgan fingerprint density at radius 3 is 2.82 bits per heavy atom. The van der Waals surface area contributed by atoms with E-state index in [1.54, 1.807) is 36.7 Å². The largest absolute Gasteiger partial charge is 0.452 e. The zero-order chi connectivity index (χ0) is 19.7. The molecular formula is C19H16N4O3S2. The van der Waals surface area contributed by atoms with Crippen molar-refractivity contribution in [3.8, 4) is 0 Å². The number of aromatic nitrogens is 4. The lowest BCUT2D eigenvalue weighted by atomic mass is 10.2. The van der Waals surface area contributed by atoms with Crippen LogP contribution in [0.1, 0.15) is 32.5 Å². The van der Waals surface area contributed by atoms with Crippen molar-refractivity contribution >= 4 is 39.3 Å². The number of carbonyl (C=O) groups excluding carboxylic acids is 1. The van der Waals surface area contributed by atoms with Crippen LogP contribution in [0.5, 0.6) is 0 Å². The summed E-state index contributed by atoms with van der Waals surface area (Å²) >= 11 is 3.07. The molecule has 0 amide bonds. The maximum absolute atomic E-state index is 12.6. The van der Waals surface area contributed by atoms with Crippen LogP contribution in [0.15, 0.2) is 45.0 Å². The highest BCUT2D eigenvalue weighted by Crippen LogP contribution is 2.38. The third-order valence-corrected chi connectivity index (χ3v) is 6.33. The maximum Gasteiger partial charge on any atom is 0.339 e. The van der Waals surface area contributed by atoms with Gasteiger partial charge in [-0.25, -0.2) is 14.8 Å². The molecule has 3 aromatic heterocycles. The molecule has 0 saturated carbocycles. The highest BCUT2D eigenvalue weighted by atomic mass is 32.2. The van der Waals surface area contributed by atoms with Crippen LogP contribution in [0.2, 0.25) is 0 Å². The van der Waals surface area contributed by atoms with Gasteiger partial charge in [-0.1, -0.05) is 29.1 Å². The molecule has 4 rings (SSSR count). The van der Waals surface area contributed by atoms with Gasteiger partial charge in [0.1, 0.15) is 16.2 Å². The number of rotatable bonds is 5. The Kier molecular flexibility index (Phi) is 5.10. The van der Waals surface area contributed by atoms with Gasteiger partial charge in [0.25, 0.3) is 5.89 Å². The van der Waals surface area contributed by atoms with E-state index in [9.17, 15) is 4.79 Å². The molecule has 142 valence electrons. The second kappa shape index (κ2) is 7.69. The lowest BCUT2D eigenvalue weighted by molar-refractivity contribution is 0.0425. The normalized spacial score (nSPS) is 11.1. The highest BCUT2D eigenvalue weighted by molar-refractivity contribution is 7.99. The summed E-state index contributed by atoms with van der Waals surface area (Å²) in [5.74, 6) is 0.302. The molecule has 1 aromatic carbocycles. The van der Waals surface area contributed by atoms with Gasteiger partial charge >= 0.3 is 5.97 Å². The zero-order valence-corrected chi connectivity index (χ0v) is 17.1. The number of benzene rings is 1. The van der Waals surface area contributed by atoms with Crippen LogP contribution in [-0.4, -0.2) is 26.1 Å². The van der Waals surface area contributed by atoms with Crippen LogP contribution in [-0.2, 0) is 11.3 Å². The van der Waals surface area contributed by atoms with E-state index in [1.165, 1.54) is 16.6 Å². The van der Waals surface area contributed by atoms with Gasteiger partial charge < -0.3 is 9.26 Å². The van der Waals surface area contributed by atoms with Gasteiger partial charge in [0, 0.05) is 15.2 Å². The fourth-order valence-electron chi connectivity index (χ4n) is 2.66. The molecule has 3 heterocycles. The first-order chi connectivity index (χ1) is 13.5. The summed E-state index contributed by atoms with van der Waals surface area (Å²) in [6, 6.07) is 7.28. The molecule has 0 unspecified atom stereocenters. The average Bonchev–Trinajstić information content (AvgIpc) is 3.23. The van der Waals surface area contributed by atoms with Gasteiger partial charge in [0.15, 0.2) is 12.4 Å². The Labute approximate surface area is 169 Å². The molecule has 0 saturated heterocycles. The molecule has 9 heteroatoms. The molecule has 0 N–H and O–H groups in total. The summed E-state index contributed by atoms with van der Waals surface area (Å²) in [6.45, 7) is 5.77. The minimum Gasteiger partial charge on any atom is -0.452 e. The Hall–Kier alpha value is -2.78. The van der Waals surface area contributed by atoms with Crippen molar-refractivity contribution in [2.24, 2.45) is 0 Å². The number of hydrogen-bond donors (Lipinski definition) is 0. The van der Waals surface area contributed by atoms with Gasteiger partial charge in [-0.2, -0.15) is 4.98 Å². The van der Waals surface area contributed by atoms with E-state index >= 15 is 0 Å². The fraction of sp³-hybridized carbons (Fsp3) is 0.211. The Morgan fingerprint density at radius 1 is 1.21 bits per heavy atom. The van der Waals surface area contributed by atoms with Crippen molar-refractivity contribution in [2.75, 3.05) is 0 Å². The Bertz CT molecular complexity index is 1170. The lowest BCUT2D eigenvalue weighted by Crippen LogP contribution is -2.07. The molecule has 0 fully saturated rings. The molecule has 0 aliphatic heterocycles. The number of nitrogens with zero attached hydrogens (tertiary/aromatic N) is 4. The van der Waals surface area contributed by atoms with E-state index in [4.69, 9.17) is 9.26 Å². The molecule has 0 aliphatic rings. The molecule has 7 nitrogen and oxygen atoms in total. The molecule has 0 bridgehead atoms. The first-order valence-corrected chi connectivity index (χ1v) is 10.1. The second-order valence-corrected chi connectivity index (χ2v) is 8.29. The van der Waals surface area contributed by atoms with E-state index in [0.717, 1.165) is 25.7 Å². The number of ether oxygens (including phenoxy) is 1. The van der Waals surface area contributed by atoms with Crippen molar-refractivity contribution in [3.63, 3.8) is 0 Å². The first-order valence-electron chi connectivity index (χ1n) is 8.47. The topological polar surface area (TPSA) is 91.0 Å². The Balaban J connectivity index is 1.61. The Morgan fingerprint density at radius 2 is 2.04 bits per heavy atom. The third kappa shape index (κ3) is 3.63. The SMILES string of the molecule is Cc1noc(COC(=O)c2ccccc2Sc2ncnc3sc(C)c(C)c23)n1. The van der Waals surface area contributed by atoms with Gasteiger partial charge in [-0.15, -0.1) is 11.3 Å². The van der Waals surface area contributed by atoms with Crippen LogP contribution >= 0.6 is 23.1 Å². The average molecular weight is 412 g/mol. The van der Waals surface area contributed by atoms with Crippen LogP contribution < -0.4 is 0 Å². The lowest BCUT2D eigenvalue weighted by Gasteiger charge is -2.09. The van der Waals surface area contributed by atoms with Crippen LogP contribution in [0, 0.1) is 20.8 Å². The summed E-state index contributed by atoms with van der Waals surface area (Å²) in [5, 5.41) is 5.53. The highest BCUT2D eigenvalue weighted by Gasteiger charge is 2.18. The quantitative estimate of drug-likeness (QED) is 0.349. The monoisotopic (exact) mass is 412 g/mol. The van der Waals surface area contributed by atoms with Crippen LogP contribution in [0.4, 0.5) is 0 Å². The van der Waals surface area contributed by atoms with E-state index in [1.807, 2.05) is 12.1 Å². The summed E-state index contributed by atoms with van der Waals surface area (Å²) in [5.41, 5.74) is 1.62. The van der Waals surface area contributed by atoms with Crippen LogP contribution in [0.25, 0.3) is 10.2 Å². The van der Waals surface area contributed by atoms with Gasteiger partial charge in [0.2, 0.25) is 0 Å². The summed E-state index contributed by atoms with van der Waals surface area (Å²) in [6.07, 6.45) is 1.55.